The van der Waals surface area contributed by atoms with Crippen LogP contribution in [-0.2, 0) is 0 Å². The highest BCUT2D eigenvalue weighted by Crippen LogP contribution is 2.40. The Kier molecular flexibility index (Phi) is 7.77. The molecule has 0 bridgehead atoms. The summed E-state index contributed by atoms with van der Waals surface area (Å²) in [6.45, 7) is 1.49. The first-order valence-electron chi connectivity index (χ1n) is 10.7. The SMILES string of the molecule is COc1cc(-c2oc(-c3ccc(OCCN(C)C)cc3)cc2-c2ccnc(SC)n2)ccc1Cl. The number of methoxy groups -OCH3 is 1. The third-order valence-electron chi connectivity index (χ3n) is 5.18. The number of furan rings is 1. The van der Waals surface area contributed by atoms with Crippen molar-refractivity contribution in [2.24, 2.45) is 0 Å². The van der Waals surface area contributed by atoms with E-state index in [4.69, 9.17) is 25.5 Å². The minimum Gasteiger partial charge on any atom is -0.495 e. The van der Waals surface area contributed by atoms with E-state index < -0.39 is 0 Å². The van der Waals surface area contributed by atoms with E-state index in [0.29, 0.717) is 28.3 Å². The first-order chi connectivity index (χ1) is 16.5. The Morgan fingerprint density at radius 1 is 1.03 bits per heavy atom. The van der Waals surface area contributed by atoms with E-state index in [2.05, 4.69) is 14.9 Å². The number of rotatable bonds is 9. The second kappa shape index (κ2) is 11.0. The molecule has 2 heterocycles. The average molecular weight is 496 g/mol. The standard InChI is InChI=1S/C26H26ClN3O3S/c1-30(2)13-14-32-19-8-5-17(6-9-19)23-16-20(22-11-12-28-26(29-22)34-4)25(33-23)18-7-10-21(27)24(15-18)31-3/h5-12,15-16H,13-14H2,1-4H3. The second-order valence-corrected chi connectivity index (χ2v) is 8.99. The van der Waals surface area contributed by atoms with Gasteiger partial charge in [0.05, 0.1) is 17.8 Å². The molecular formula is C26H26ClN3O3S. The van der Waals surface area contributed by atoms with Crippen molar-refractivity contribution in [3.05, 3.63) is 65.8 Å². The normalized spacial score (nSPS) is 11.1. The van der Waals surface area contributed by atoms with Gasteiger partial charge in [0.25, 0.3) is 0 Å². The molecule has 2 aromatic heterocycles. The van der Waals surface area contributed by atoms with Gasteiger partial charge < -0.3 is 18.8 Å². The Morgan fingerprint density at radius 2 is 1.79 bits per heavy atom. The zero-order valence-electron chi connectivity index (χ0n) is 19.5. The molecule has 0 spiro atoms. The molecule has 0 fully saturated rings. The van der Waals surface area contributed by atoms with Crippen molar-refractivity contribution in [2.45, 2.75) is 5.16 Å². The Labute approximate surface area is 208 Å². The number of benzene rings is 2. The third-order valence-corrected chi connectivity index (χ3v) is 6.06. The molecule has 0 N–H and O–H groups in total. The van der Waals surface area contributed by atoms with Crippen LogP contribution < -0.4 is 9.47 Å². The predicted molar refractivity (Wildman–Crippen MR) is 138 cm³/mol. The fourth-order valence-electron chi connectivity index (χ4n) is 3.39. The molecule has 176 valence electrons. The van der Waals surface area contributed by atoms with Crippen molar-refractivity contribution < 1.29 is 13.9 Å². The number of likely N-dealkylation sites (N-methyl/N-ethyl adjacent to an activating group) is 1. The molecule has 0 aliphatic rings. The third kappa shape index (κ3) is 5.55. The van der Waals surface area contributed by atoms with Gasteiger partial charge in [-0.25, -0.2) is 9.97 Å². The summed E-state index contributed by atoms with van der Waals surface area (Å²) in [4.78, 5) is 11.1. The van der Waals surface area contributed by atoms with Gasteiger partial charge in [0.1, 0.15) is 29.6 Å². The smallest absolute Gasteiger partial charge is 0.187 e. The molecular weight excluding hydrogens is 470 g/mol. The van der Waals surface area contributed by atoms with Crippen molar-refractivity contribution in [1.82, 2.24) is 14.9 Å². The molecule has 0 aliphatic carbocycles. The van der Waals surface area contributed by atoms with Crippen LogP contribution in [0.2, 0.25) is 5.02 Å². The number of hydrogen-bond acceptors (Lipinski definition) is 7. The zero-order chi connectivity index (χ0) is 24.1. The van der Waals surface area contributed by atoms with Gasteiger partial charge in [0.15, 0.2) is 5.16 Å². The topological polar surface area (TPSA) is 60.6 Å². The largest absolute Gasteiger partial charge is 0.495 e. The molecule has 34 heavy (non-hydrogen) atoms. The maximum Gasteiger partial charge on any atom is 0.187 e. The van der Waals surface area contributed by atoms with Crippen molar-refractivity contribution in [3.8, 4) is 45.4 Å². The summed E-state index contributed by atoms with van der Waals surface area (Å²) in [5, 5.41) is 1.23. The van der Waals surface area contributed by atoms with Crippen LogP contribution in [-0.4, -0.2) is 55.5 Å². The second-order valence-electron chi connectivity index (χ2n) is 7.81. The van der Waals surface area contributed by atoms with Crippen molar-refractivity contribution >= 4 is 23.4 Å². The lowest BCUT2D eigenvalue weighted by atomic mass is 10.0. The number of nitrogens with zero attached hydrogens (tertiary/aromatic N) is 3. The Hall–Kier alpha value is -3.00. The summed E-state index contributed by atoms with van der Waals surface area (Å²) in [7, 11) is 5.64. The molecule has 4 rings (SSSR count). The molecule has 0 radical (unpaired) electrons. The molecule has 2 aromatic carbocycles. The van der Waals surface area contributed by atoms with Gasteiger partial charge in [-0.05, 0) is 74.9 Å². The van der Waals surface area contributed by atoms with E-state index in [0.717, 1.165) is 40.4 Å². The lowest BCUT2D eigenvalue weighted by molar-refractivity contribution is 0.261. The summed E-state index contributed by atoms with van der Waals surface area (Å²) < 4.78 is 17.6. The van der Waals surface area contributed by atoms with Crippen molar-refractivity contribution in [1.29, 1.82) is 0 Å². The lowest BCUT2D eigenvalue weighted by Crippen LogP contribution is -2.19. The minimum atomic E-state index is 0.538. The quantitative estimate of drug-likeness (QED) is 0.197. The van der Waals surface area contributed by atoms with Crippen LogP contribution in [0.4, 0.5) is 0 Å². The van der Waals surface area contributed by atoms with E-state index in [1.165, 1.54) is 11.8 Å². The van der Waals surface area contributed by atoms with Crippen LogP contribution in [0.1, 0.15) is 0 Å². The molecule has 0 aliphatic heterocycles. The summed E-state index contributed by atoms with van der Waals surface area (Å²) in [5.41, 5.74) is 3.42. The van der Waals surface area contributed by atoms with Crippen molar-refractivity contribution in [2.75, 3.05) is 40.6 Å². The van der Waals surface area contributed by atoms with E-state index in [9.17, 15) is 0 Å². The van der Waals surface area contributed by atoms with Crippen molar-refractivity contribution in [3.63, 3.8) is 0 Å². The summed E-state index contributed by atoms with van der Waals surface area (Å²) in [6.07, 6.45) is 3.71. The number of hydrogen-bond donors (Lipinski definition) is 0. The van der Waals surface area contributed by atoms with Gasteiger partial charge in [-0.15, -0.1) is 0 Å². The zero-order valence-corrected chi connectivity index (χ0v) is 21.1. The molecule has 0 atom stereocenters. The number of aromatic nitrogens is 2. The predicted octanol–water partition coefficient (Wildman–Crippen LogP) is 6.39. The van der Waals surface area contributed by atoms with Crippen LogP contribution in [0.3, 0.4) is 0 Å². The summed E-state index contributed by atoms with van der Waals surface area (Å²) in [6, 6.07) is 17.4. The lowest BCUT2D eigenvalue weighted by Gasteiger charge is -2.11. The fourth-order valence-corrected chi connectivity index (χ4v) is 3.94. The van der Waals surface area contributed by atoms with Crippen LogP contribution in [0.15, 0.2) is 70.4 Å². The van der Waals surface area contributed by atoms with E-state index in [1.54, 1.807) is 19.4 Å². The van der Waals surface area contributed by atoms with E-state index >= 15 is 0 Å². The van der Waals surface area contributed by atoms with Gasteiger partial charge in [-0.2, -0.15) is 0 Å². The molecule has 0 unspecified atom stereocenters. The first-order valence-corrected chi connectivity index (χ1v) is 12.3. The van der Waals surface area contributed by atoms with Gasteiger partial charge in [-0.3, -0.25) is 0 Å². The summed E-state index contributed by atoms with van der Waals surface area (Å²) >= 11 is 7.75. The molecule has 0 amide bonds. The fraction of sp³-hybridized carbons (Fsp3) is 0.231. The molecule has 0 saturated carbocycles. The summed E-state index contributed by atoms with van der Waals surface area (Å²) in [5.74, 6) is 2.81. The van der Waals surface area contributed by atoms with Gasteiger partial charge >= 0.3 is 0 Å². The number of ether oxygens (including phenoxy) is 2. The highest BCUT2D eigenvalue weighted by molar-refractivity contribution is 7.98. The van der Waals surface area contributed by atoms with Crippen LogP contribution >= 0.6 is 23.4 Å². The first kappa shape index (κ1) is 24.1. The van der Waals surface area contributed by atoms with Gasteiger partial charge in [0, 0.05) is 29.4 Å². The van der Waals surface area contributed by atoms with Crippen LogP contribution in [0, 0.1) is 0 Å². The van der Waals surface area contributed by atoms with E-state index in [-0.39, 0.29) is 0 Å². The highest BCUT2D eigenvalue weighted by Gasteiger charge is 2.19. The maximum atomic E-state index is 6.39. The Morgan fingerprint density at radius 3 is 2.50 bits per heavy atom. The Balaban J connectivity index is 1.73. The molecule has 8 heteroatoms. The Bertz CT molecular complexity index is 1260. The van der Waals surface area contributed by atoms with Gasteiger partial charge in [0.2, 0.25) is 0 Å². The monoisotopic (exact) mass is 495 g/mol. The average Bonchev–Trinajstić information content (AvgIpc) is 3.30. The number of halogens is 1. The maximum absolute atomic E-state index is 6.39. The minimum absolute atomic E-state index is 0.538. The van der Waals surface area contributed by atoms with E-state index in [1.807, 2.05) is 68.9 Å². The molecule has 4 aromatic rings. The molecule has 6 nitrogen and oxygen atoms in total. The highest BCUT2D eigenvalue weighted by atomic mass is 35.5. The number of thioether (sulfide) groups is 1. The van der Waals surface area contributed by atoms with Gasteiger partial charge in [-0.1, -0.05) is 23.4 Å². The van der Waals surface area contributed by atoms with Crippen LogP contribution in [0.5, 0.6) is 11.5 Å². The molecule has 0 saturated heterocycles. The van der Waals surface area contributed by atoms with Crippen LogP contribution in [0.25, 0.3) is 33.9 Å².